The van der Waals surface area contributed by atoms with Crippen molar-refractivity contribution >= 4 is 10.0 Å². The summed E-state index contributed by atoms with van der Waals surface area (Å²) in [5.74, 6) is 0. The minimum absolute atomic E-state index is 0.0710. The molecule has 2 rings (SSSR count). The summed E-state index contributed by atoms with van der Waals surface area (Å²) in [4.78, 5) is 2.11. The van der Waals surface area contributed by atoms with Crippen molar-refractivity contribution in [3.63, 3.8) is 0 Å². The Balaban J connectivity index is 1.89. The summed E-state index contributed by atoms with van der Waals surface area (Å²) in [5.41, 5.74) is 0. The number of hydrogen-bond donors (Lipinski definition) is 2. The van der Waals surface area contributed by atoms with E-state index in [0.717, 1.165) is 13.1 Å². The molecule has 7 nitrogen and oxygen atoms in total. The molecule has 96 valence electrons. The van der Waals surface area contributed by atoms with Crippen LogP contribution >= 0.6 is 0 Å². The number of morpholine rings is 1. The van der Waals surface area contributed by atoms with Crippen molar-refractivity contribution in [3.05, 3.63) is 12.3 Å². The molecule has 0 bridgehead atoms. The molecule has 0 aliphatic carbocycles. The second kappa shape index (κ2) is 5.13. The van der Waals surface area contributed by atoms with Crippen LogP contribution in [0.4, 0.5) is 0 Å². The first-order chi connectivity index (χ1) is 8.08. The van der Waals surface area contributed by atoms with Gasteiger partial charge in [-0.25, -0.2) is 13.1 Å². The largest absolute Gasteiger partial charge is 0.374 e. The number of ether oxygens (including phenoxy) is 1. The molecule has 1 atom stereocenters. The fourth-order valence-corrected chi connectivity index (χ4v) is 2.64. The van der Waals surface area contributed by atoms with Crippen LogP contribution in [0.25, 0.3) is 0 Å². The van der Waals surface area contributed by atoms with Crippen LogP contribution in [0, 0.1) is 0 Å². The Hall–Kier alpha value is -0.960. The Morgan fingerprint density at radius 3 is 3.18 bits per heavy atom. The number of nitrogens with zero attached hydrogens (tertiary/aromatic N) is 2. The molecule has 1 aliphatic rings. The van der Waals surface area contributed by atoms with Gasteiger partial charge in [0.1, 0.15) is 0 Å². The number of hydrogen-bond acceptors (Lipinski definition) is 5. The Morgan fingerprint density at radius 2 is 2.53 bits per heavy atom. The molecule has 8 heteroatoms. The lowest BCUT2D eigenvalue weighted by Crippen LogP contribution is -2.45. The quantitative estimate of drug-likeness (QED) is 0.726. The lowest BCUT2D eigenvalue weighted by Gasteiger charge is -2.29. The molecule has 1 saturated heterocycles. The first kappa shape index (κ1) is 12.5. The zero-order valence-corrected chi connectivity index (χ0v) is 10.4. The predicted molar refractivity (Wildman–Crippen MR) is 61.0 cm³/mol. The standard InChI is InChI=1S/C9H16N4O3S/c1-13-4-5-16-8(7-13)6-11-17(14,15)9-2-3-10-12-9/h2-3,8,11H,4-7H2,1H3,(H,10,12). The zero-order valence-electron chi connectivity index (χ0n) is 9.59. The molecule has 17 heavy (non-hydrogen) atoms. The van der Waals surface area contributed by atoms with Gasteiger partial charge in [-0.05, 0) is 13.1 Å². The lowest BCUT2D eigenvalue weighted by atomic mass is 10.3. The van der Waals surface area contributed by atoms with Gasteiger partial charge < -0.3 is 9.64 Å². The highest BCUT2D eigenvalue weighted by Crippen LogP contribution is 2.05. The van der Waals surface area contributed by atoms with Crippen LogP contribution in [0.5, 0.6) is 0 Å². The minimum Gasteiger partial charge on any atom is -0.374 e. The predicted octanol–water partition coefficient (Wildman–Crippen LogP) is -0.981. The maximum atomic E-state index is 11.8. The van der Waals surface area contributed by atoms with E-state index in [-0.39, 0.29) is 17.7 Å². The fraction of sp³-hybridized carbons (Fsp3) is 0.667. The summed E-state index contributed by atoms with van der Waals surface area (Å²) in [6, 6.07) is 1.41. The van der Waals surface area contributed by atoms with Gasteiger partial charge in [0.15, 0.2) is 5.03 Å². The summed E-state index contributed by atoms with van der Waals surface area (Å²) in [6.45, 7) is 2.51. The van der Waals surface area contributed by atoms with E-state index in [1.165, 1.54) is 12.3 Å². The van der Waals surface area contributed by atoms with Crippen LogP contribution < -0.4 is 4.72 Å². The number of aromatic amines is 1. The normalized spacial score (nSPS) is 22.8. The Morgan fingerprint density at radius 1 is 1.71 bits per heavy atom. The minimum atomic E-state index is -3.50. The van der Waals surface area contributed by atoms with Gasteiger partial charge >= 0.3 is 0 Å². The average Bonchev–Trinajstić information content (AvgIpc) is 2.81. The second-order valence-electron chi connectivity index (χ2n) is 4.03. The number of nitrogens with one attached hydrogen (secondary N) is 2. The number of aromatic nitrogens is 2. The number of H-pyrrole nitrogens is 1. The number of rotatable bonds is 4. The summed E-state index contributed by atoms with van der Waals surface area (Å²) in [6.07, 6.45) is 1.30. The summed E-state index contributed by atoms with van der Waals surface area (Å²) in [7, 11) is -1.52. The number of likely N-dealkylation sites (N-methyl/N-ethyl adjacent to an activating group) is 1. The van der Waals surface area contributed by atoms with E-state index in [9.17, 15) is 8.42 Å². The van der Waals surface area contributed by atoms with Crippen LogP contribution in [0.3, 0.4) is 0 Å². The van der Waals surface area contributed by atoms with E-state index in [0.29, 0.717) is 6.61 Å². The maximum absolute atomic E-state index is 11.8. The highest BCUT2D eigenvalue weighted by molar-refractivity contribution is 7.89. The first-order valence-corrected chi connectivity index (χ1v) is 6.85. The van der Waals surface area contributed by atoms with Crippen molar-refractivity contribution in [2.45, 2.75) is 11.1 Å². The van der Waals surface area contributed by atoms with Crippen molar-refractivity contribution in [2.24, 2.45) is 0 Å². The van der Waals surface area contributed by atoms with Crippen molar-refractivity contribution < 1.29 is 13.2 Å². The smallest absolute Gasteiger partial charge is 0.257 e. The van der Waals surface area contributed by atoms with E-state index in [1.807, 2.05) is 7.05 Å². The molecule has 0 amide bonds. The SMILES string of the molecule is CN1CCOC(CNS(=O)(=O)c2ccn[nH]2)C1. The molecule has 1 aliphatic heterocycles. The van der Waals surface area contributed by atoms with Crippen LogP contribution in [0.2, 0.25) is 0 Å². The molecule has 1 aromatic rings. The molecule has 0 spiro atoms. The average molecular weight is 260 g/mol. The third-order valence-corrected chi connectivity index (χ3v) is 3.96. The fourth-order valence-electron chi connectivity index (χ4n) is 1.66. The van der Waals surface area contributed by atoms with E-state index in [2.05, 4.69) is 19.8 Å². The highest BCUT2D eigenvalue weighted by atomic mass is 32.2. The molecular formula is C9H16N4O3S. The summed E-state index contributed by atoms with van der Waals surface area (Å²) in [5, 5.41) is 6.10. The zero-order chi connectivity index (χ0) is 12.3. The molecular weight excluding hydrogens is 244 g/mol. The lowest BCUT2D eigenvalue weighted by molar-refractivity contribution is -0.0156. The Bertz CT molecular complexity index is 445. The van der Waals surface area contributed by atoms with Crippen molar-refractivity contribution in [2.75, 3.05) is 33.3 Å². The Labute approximate surface area is 100 Å². The van der Waals surface area contributed by atoms with Gasteiger partial charge in [0, 0.05) is 19.6 Å². The molecule has 1 unspecified atom stereocenters. The molecule has 2 N–H and O–H groups in total. The van der Waals surface area contributed by atoms with E-state index < -0.39 is 10.0 Å². The molecule has 2 heterocycles. The Kier molecular flexibility index (Phi) is 3.77. The number of sulfonamides is 1. The van der Waals surface area contributed by atoms with Gasteiger partial charge in [-0.3, -0.25) is 5.10 Å². The van der Waals surface area contributed by atoms with Gasteiger partial charge in [-0.15, -0.1) is 0 Å². The molecule has 0 aromatic carbocycles. The van der Waals surface area contributed by atoms with E-state index in [4.69, 9.17) is 4.74 Å². The van der Waals surface area contributed by atoms with Gasteiger partial charge in [0.05, 0.1) is 18.9 Å². The monoisotopic (exact) mass is 260 g/mol. The first-order valence-electron chi connectivity index (χ1n) is 5.37. The van der Waals surface area contributed by atoms with Crippen molar-refractivity contribution in [1.29, 1.82) is 0 Å². The van der Waals surface area contributed by atoms with Gasteiger partial charge in [-0.1, -0.05) is 0 Å². The summed E-state index contributed by atoms with van der Waals surface area (Å²) >= 11 is 0. The van der Waals surface area contributed by atoms with Gasteiger partial charge in [0.2, 0.25) is 0 Å². The van der Waals surface area contributed by atoms with E-state index in [1.54, 1.807) is 0 Å². The van der Waals surface area contributed by atoms with Crippen LogP contribution in [-0.2, 0) is 14.8 Å². The van der Waals surface area contributed by atoms with Crippen molar-refractivity contribution in [1.82, 2.24) is 19.8 Å². The third-order valence-electron chi connectivity index (χ3n) is 2.61. The van der Waals surface area contributed by atoms with Gasteiger partial charge in [-0.2, -0.15) is 5.10 Å². The molecule has 1 fully saturated rings. The van der Waals surface area contributed by atoms with E-state index >= 15 is 0 Å². The van der Waals surface area contributed by atoms with Crippen molar-refractivity contribution in [3.8, 4) is 0 Å². The topological polar surface area (TPSA) is 87.3 Å². The molecule has 0 saturated carbocycles. The highest BCUT2D eigenvalue weighted by Gasteiger charge is 2.21. The van der Waals surface area contributed by atoms with Crippen LogP contribution in [0.1, 0.15) is 0 Å². The van der Waals surface area contributed by atoms with Gasteiger partial charge in [0.25, 0.3) is 10.0 Å². The second-order valence-corrected chi connectivity index (χ2v) is 5.76. The summed E-state index contributed by atoms with van der Waals surface area (Å²) < 4.78 is 31.5. The molecule has 1 aromatic heterocycles. The van der Waals surface area contributed by atoms with Crippen LogP contribution in [0.15, 0.2) is 17.3 Å². The third kappa shape index (κ3) is 3.25. The maximum Gasteiger partial charge on any atom is 0.257 e. The van der Waals surface area contributed by atoms with Crippen LogP contribution in [-0.4, -0.2) is 62.9 Å². The molecule has 0 radical (unpaired) electrons.